The van der Waals surface area contributed by atoms with Crippen molar-refractivity contribution >= 4 is 38.9 Å². The molecule has 1 heterocycles. The quantitative estimate of drug-likeness (QED) is 0.697. The van der Waals surface area contributed by atoms with E-state index in [9.17, 15) is 0 Å². The monoisotopic (exact) mass is 252 g/mol. The van der Waals surface area contributed by atoms with Crippen molar-refractivity contribution in [1.29, 1.82) is 0 Å². The zero-order valence-electron chi connectivity index (χ0n) is 6.53. The second-order valence-corrected chi connectivity index (χ2v) is 5.26. The first-order valence-electron chi connectivity index (χ1n) is 3.37. The molecule has 0 N–H and O–H groups in total. The number of alkyl halides is 1. The zero-order chi connectivity index (χ0) is 8.48. The molecule has 0 radical (unpaired) electrons. The fraction of sp³-hybridized carbons (Fsp3) is 0.500. The fourth-order valence-corrected chi connectivity index (χ4v) is 2.14. The molecule has 0 spiro atoms. The molecular formula is C8H10BrClS. The molecule has 0 saturated heterocycles. The lowest BCUT2D eigenvalue weighted by molar-refractivity contribution is 0.609. The minimum absolute atomic E-state index is 0.198. The van der Waals surface area contributed by atoms with Crippen LogP contribution < -0.4 is 0 Å². The topological polar surface area (TPSA) is 0 Å². The summed E-state index contributed by atoms with van der Waals surface area (Å²) in [5.74, 6) is 0. The summed E-state index contributed by atoms with van der Waals surface area (Å²) in [7, 11) is 0. The van der Waals surface area contributed by atoms with Crippen molar-refractivity contribution in [2.75, 3.05) is 5.33 Å². The molecule has 0 bridgehead atoms. The number of rotatable bonds is 2. The summed E-state index contributed by atoms with van der Waals surface area (Å²) in [4.78, 5) is 0. The van der Waals surface area contributed by atoms with Crippen molar-refractivity contribution in [3.63, 3.8) is 0 Å². The van der Waals surface area contributed by atoms with E-state index in [0.29, 0.717) is 0 Å². The van der Waals surface area contributed by atoms with E-state index in [-0.39, 0.29) is 5.41 Å². The fourth-order valence-electron chi connectivity index (χ4n) is 0.742. The predicted octanol–water partition coefficient (Wildman–Crippen LogP) is 4.07. The van der Waals surface area contributed by atoms with Gasteiger partial charge in [0, 0.05) is 10.7 Å². The highest BCUT2D eigenvalue weighted by molar-refractivity contribution is 9.09. The Kier molecular flexibility index (Phi) is 3.01. The largest absolute Gasteiger partial charge is 0.132 e. The Morgan fingerprint density at radius 3 is 2.64 bits per heavy atom. The summed E-state index contributed by atoms with van der Waals surface area (Å²) in [6, 6.07) is 2.04. The van der Waals surface area contributed by atoms with Crippen molar-refractivity contribution in [2.24, 2.45) is 0 Å². The van der Waals surface area contributed by atoms with E-state index in [2.05, 4.69) is 35.2 Å². The van der Waals surface area contributed by atoms with Gasteiger partial charge in [0.05, 0.1) is 4.34 Å². The lowest BCUT2D eigenvalue weighted by Crippen LogP contribution is -2.17. The van der Waals surface area contributed by atoms with Gasteiger partial charge >= 0.3 is 0 Å². The van der Waals surface area contributed by atoms with Gasteiger partial charge in [-0.3, -0.25) is 0 Å². The maximum Gasteiger partial charge on any atom is 0.0931 e. The van der Waals surface area contributed by atoms with Crippen LogP contribution in [0.1, 0.15) is 19.4 Å². The first kappa shape index (κ1) is 9.56. The molecule has 0 aromatic carbocycles. The summed E-state index contributed by atoms with van der Waals surface area (Å²) in [6.45, 7) is 4.39. The lowest BCUT2D eigenvalue weighted by atomic mass is 9.89. The molecule has 3 heteroatoms. The second-order valence-electron chi connectivity index (χ2n) is 3.16. The molecule has 0 unspecified atom stereocenters. The van der Waals surface area contributed by atoms with Gasteiger partial charge in [-0.15, -0.1) is 11.3 Å². The van der Waals surface area contributed by atoms with Crippen LogP contribution in [0.3, 0.4) is 0 Å². The van der Waals surface area contributed by atoms with E-state index >= 15 is 0 Å². The Morgan fingerprint density at radius 2 is 2.27 bits per heavy atom. The van der Waals surface area contributed by atoms with Gasteiger partial charge in [0.2, 0.25) is 0 Å². The van der Waals surface area contributed by atoms with Crippen LogP contribution in [0.25, 0.3) is 0 Å². The lowest BCUT2D eigenvalue weighted by Gasteiger charge is -2.19. The maximum absolute atomic E-state index is 5.83. The predicted molar refractivity (Wildman–Crippen MR) is 56.1 cm³/mol. The molecule has 0 amide bonds. The van der Waals surface area contributed by atoms with E-state index in [0.717, 1.165) is 9.67 Å². The Bertz CT molecular complexity index is 242. The van der Waals surface area contributed by atoms with Gasteiger partial charge in [-0.2, -0.15) is 0 Å². The Morgan fingerprint density at radius 1 is 1.64 bits per heavy atom. The number of hydrogen-bond acceptors (Lipinski definition) is 1. The molecule has 1 aromatic rings. The SMILES string of the molecule is CC(C)(CBr)c1csc(Cl)c1. The second kappa shape index (κ2) is 3.46. The molecule has 0 aliphatic heterocycles. The van der Waals surface area contributed by atoms with Crippen molar-refractivity contribution in [1.82, 2.24) is 0 Å². The molecule has 0 atom stereocenters. The van der Waals surface area contributed by atoms with Gasteiger partial charge < -0.3 is 0 Å². The first-order valence-corrected chi connectivity index (χ1v) is 5.74. The minimum Gasteiger partial charge on any atom is -0.132 e. The third kappa shape index (κ3) is 2.20. The summed E-state index contributed by atoms with van der Waals surface area (Å²) in [6.07, 6.45) is 0. The number of hydrogen-bond donors (Lipinski definition) is 0. The smallest absolute Gasteiger partial charge is 0.0931 e. The molecule has 0 nitrogen and oxygen atoms in total. The van der Waals surface area contributed by atoms with Crippen LogP contribution in [-0.4, -0.2) is 5.33 Å². The summed E-state index contributed by atoms with van der Waals surface area (Å²) < 4.78 is 0.869. The van der Waals surface area contributed by atoms with Gasteiger partial charge in [-0.25, -0.2) is 0 Å². The molecule has 0 saturated carbocycles. The zero-order valence-corrected chi connectivity index (χ0v) is 9.68. The molecule has 62 valence electrons. The highest BCUT2D eigenvalue weighted by atomic mass is 79.9. The van der Waals surface area contributed by atoms with Gasteiger partial charge in [0.1, 0.15) is 0 Å². The Balaban J connectivity index is 2.92. The van der Waals surface area contributed by atoms with Crippen LogP contribution in [0.5, 0.6) is 0 Å². The first-order chi connectivity index (χ1) is 5.06. The van der Waals surface area contributed by atoms with Gasteiger partial charge in [0.25, 0.3) is 0 Å². The summed E-state index contributed by atoms with van der Waals surface area (Å²) in [5.41, 5.74) is 1.51. The van der Waals surface area contributed by atoms with Crippen LogP contribution in [0.4, 0.5) is 0 Å². The average Bonchev–Trinajstić information content (AvgIpc) is 2.36. The third-order valence-electron chi connectivity index (χ3n) is 1.68. The third-order valence-corrected chi connectivity index (χ3v) is 4.18. The van der Waals surface area contributed by atoms with Crippen LogP contribution in [0.2, 0.25) is 4.34 Å². The van der Waals surface area contributed by atoms with E-state index in [4.69, 9.17) is 11.6 Å². The van der Waals surface area contributed by atoms with Gasteiger partial charge in [-0.05, 0) is 17.0 Å². The van der Waals surface area contributed by atoms with Crippen molar-refractivity contribution in [3.05, 3.63) is 21.3 Å². The molecule has 1 rings (SSSR count). The molecule has 0 fully saturated rings. The maximum atomic E-state index is 5.83. The van der Waals surface area contributed by atoms with Gasteiger partial charge in [-0.1, -0.05) is 41.4 Å². The highest BCUT2D eigenvalue weighted by Gasteiger charge is 2.19. The Labute approximate surface area is 84.7 Å². The van der Waals surface area contributed by atoms with Crippen molar-refractivity contribution < 1.29 is 0 Å². The molecule has 11 heavy (non-hydrogen) atoms. The van der Waals surface area contributed by atoms with E-state index in [1.165, 1.54) is 5.56 Å². The summed E-state index contributed by atoms with van der Waals surface area (Å²) in [5, 5.41) is 3.08. The number of halogens is 2. The van der Waals surface area contributed by atoms with Crippen LogP contribution in [0.15, 0.2) is 11.4 Å². The minimum atomic E-state index is 0.198. The number of thiophene rings is 1. The molecule has 1 aromatic heterocycles. The molecule has 0 aliphatic carbocycles. The van der Waals surface area contributed by atoms with Crippen LogP contribution in [-0.2, 0) is 5.41 Å². The van der Waals surface area contributed by atoms with Crippen LogP contribution >= 0.6 is 38.9 Å². The average molecular weight is 254 g/mol. The molecular weight excluding hydrogens is 244 g/mol. The van der Waals surface area contributed by atoms with Crippen molar-refractivity contribution in [3.8, 4) is 0 Å². The normalized spacial score (nSPS) is 12.0. The van der Waals surface area contributed by atoms with E-state index in [1.54, 1.807) is 11.3 Å². The Hall–Kier alpha value is 0.470. The van der Waals surface area contributed by atoms with Crippen LogP contribution in [0, 0.1) is 0 Å². The van der Waals surface area contributed by atoms with Gasteiger partial charge in [0.15, 0.2) is 0 Å². The van der Waals surface area contributed by atoms with E-state index in [1.807, 2.05) is 6.07 Å². The summed E-state index contributed by atoms with van der Waals surface area (Å²) >= 11 is 10.9. The standard InChI is InChI=1S/C8H10BrClS/c1-8(2,5-9)6-3-7(10)11-4-6/h3-4H,5H2,1-2H3. The highest BCUT2D eigenvalue weighted by Crippen LogP contribution is 2.31. The van der Waals surface area contributed by atoms with Crippen molar-refractivity contribution in [2.45, 2.75) is 19.3 Å². The van der Waals surface area contributed by atoms with E-state index < -0.39 is 0 Å². The molecule has 0 aliphatic rings.